The van der Waals surface area contributed by atoms with Crippen molar-refractivity contribution in [3.05, 3.63) is 72.8 Å². The van der Waals surface area contributed by atoms with Crippen LogP contribution in [0.2, 0.25) is 0 Å². The molecule has 0 atom stereocenters. The Balaban J connectivity index is 1.92. The van der Waals surface area contributed by atoms with Crippen LogP contribution in [0.3, 0.4) is 0 Å². The summed E-state index contributed by atoms with van der Waals surface area (Å²) in [6, 6.07) is 21.9. The molecule has 0 fully saturated rings. The van der Waals surface area contributed by atoms with Crippen LogP contribution in [0, 0.1) is 0 Å². The van der Waals surface area contributed by atoms with E-state index in [1.165, 1.54) is 0 Å². The molecule has 7 nitrogen and oxygen atoms in total. The van der Waals surface area contributed by atoms with Crippen LogP contribution in [0.1, 0.15) is 0 Å². The van der Waals surface area contributed by atoms with Gasteiger partial charge in [0.25, 0.3) is 0 Å². The second-order valence-electron chi connectivity index (χ2n) is 6.96. The van der Waals surface area contributed by atoms with Crippen molar-refractivity contribution in [3.63, 3.8) is 0 Å². The van der Waals surface area contributed by atoms with E-state index in [9.17, 15) is 15.3 Å². The lowest BCUT2D eigenvalue weighted by Gasteiger charge is -2.13. The molecule has 3 aromatic carbocycles. The number of aromatic nitrogens is 2. The van der Waals surface area contributed by atoms with Gasteiger partial charge >= 0.3 is 0 Å². The molecule has 164 valence electrons. The Hall–Kier alpha value is -3.81. The molecule has 4 rings (SSSR count). The number of para-hydroxylation sites is 3. The van der Waals surface area contributed by atoms with E-state index < -0.39 is 0 Å². The standard InChI is InChI=1S/C25H24N2O5/c28-13-15-31-21-11-5-2-8-18(21)23-24(19-9-3-6-12-22(19)32-16-14-29)27-25(26-23)17-7-1-4-10-20(17)30/h1-12,28-30H,13-16H2,(H,26,27). The van der Waals surface area contributed by atoms with Crippen molar-refractivity contribution in [3.8, 4) is 51.2 Å². The SMILES string of the molecule is OCCOc1ccccc1-c1nc(-c2ccccc2O)[nH]c1-c1ccccc1OCCO. The summed E-state index contributed by atoms with van der Waals surface area (Å²) in [5.74, 6) is 1.76. The molecular weight excluding hydrogens is 408 g/mol. The third-order valence-corrected chi connectivity index (χ3v) is 4.86. The van der Waals surface area contributed by atoms with Crippen molar-refractivity contribution in [2.24, 2.45) is 0 Å². The molecule has 32 heavy (non-hydrogen) atoms. The highest BCUT2D eigenvalue weighted by molar-refractivity contribution is 5.86. The quantitative estimate of drug-likeness (QED) is 0.320. The number of aromatic amines is 1. The molecule has 0 aliphatic rings. The van der Waals surface area contributed by atoms with Gasteiger partial charge in [0.05, 0.1) is 24.5 Å². The van der Waals surface area contributed by atoms with E-state index in [4.69, 9.17) is 14.5 Å². The number of hydrogen-bond acceptors (Lipinski definition) is 6. The van der Waals surface area contributed by atoms with E-state index in [-0.39, 0.29) is 32.2 Å². The summed E-state index contributed by atoms with van der Waals surface area (Å²) < 4.78 is 11.5. The number of ether oxygens (including phenoxy) is 2. The minimum Gasteiger partial charge on any atom is -0.507 e. The molecule has 4 aromatic rings. The maximum Gasteiger partial charge on any atom is 0.142 e. The maximum atomic E-state index is 10.4. The number of aromatic hydroxyl groups is 1. The average molecular weight is 432 g/mol. The van der Waals surface area contributed by atoms with Crippen LogP contribution in [0.4, 0.5) is 0 Å². The zero-order valence-corrected chi connectivity index (χ0v) is 17.4. The molecule has 1 aromatic heterocycles. The minimum absolute atomic E-state index is 0.106. The Morgan fingerprint density at radius 1 is 0.688 bits per heavy atom. The fourth-order valence-electron chi connectivity index (χ4n) is 3.46. The first-order valence-electron chi connectivity index (χ1n) is 10.3. The van der Waals surface area contributed by atoms with Gasteiger partial charge < -0.3 is 29.8 Å². The number of nitrogens with zero attached hydrogens (tertiary/aromatic N) is 1. The first kappa shape index (κ1) is 21.4. The Morgan fingerprint density at radius 2 is 1.22 bits per heavy atom. The lowest BCUT2D eigenvalue weighted by Crippen LogP contribution is -2.03. The maximum absolute atomic E-state index is 10.4. The van der Waals surface area contributed by atoms with Gasteiger partial charge in [0.15, 0.2) is 0 Å². The monoisotopic (exact) mass is 432 g/mol. The third-order valence-electron chi connectivity index (χ3n) is 4.86. The van der Waals surface area contributed by atoms with Gasteiger partial charge in [-0.25, -0.2) is 4.98 Å². The van der Waals surface area contributed by atoms with Crippen molar-refractivity contribution in [1.82, 2.24) is 9.97 Å². The summed E-state index contributed by atoms with van der Waals surface area (Å²) >= 11 is 0. The van der Waals surface area contributed by atoms with Gasteiger partial charge in [-0.05, 0) is 36.4 Å². The molecule has 0 radical (unpaired) electrons. The summed E-state index contributed by atoms with van der Waals surface area (Å²) in [5, 5.41) is 28.8. The van der Waals surface area contributed by atoms with Crippen LogP contribution in [-0.4, -0.2) is 51.7 Å². The molecule has 0 saturated heterocycles. The molecule has 0 saturated carbocycles. The van der Waals surface area contributed by atoms with Gasteiger partial charge in [0.1, 0.15) is 42.0 Å². The molecule has 0 spiro atoms. The molecule has 7 heteroatoms. The molecule has 1 heterocycles. The lowest BCUT2D eigenvalue weighted by molar-refractivity contribution is 0.201. The first-order valence-corrected chi connectivity index (χ1v) is 10.3. The van der Waals surface area contributed by atoms with Crippen LogP contribution in [-0.2, 0) is 0 Å². The Kier molecular flexibility index (Phi) is 6.69. The molecular formula is C25H24N2O5. The van der Waals surface area contributed by atoms with E-state index in [1.807, 2.05) is 54.6 Å². The summed E-state index contributed by atoms with van der Waals surface area (Å²) in [7, 11) is 0. The smallest absolute Gasteiger partial charge is 0.142 e. The largest absolute Gasteiger partial charge is 0.507 e. The van der Waals surface area contributed by atoms with E-state index in [0.717, 1.165) is 11.1 Å². The number of hydrogen-bond donors (Lipinski definition) is 4. The van der Waals surface area contributed by atoms with Gasteiger partial charge in [-0.2, -0.15) is 0 Å². The topological polar surface area (TPSA) is 108 Å². The van der Waals surface area contributed by atoms with E-state index in [1.54, 1.807) is 18.2 Å². The molecule has 0 bridgehead atoms. The first-order chi connectivity index (χ1) is 15.7. The highest BCUT2D eigenvalue weighted by atomic mass is 16.5. The van der Waals surface area contributed by atoms with Crippen molar-refractivity contribution in [2.45, 2.75) is 0 Å². The van der Waals surface area contributed by atoms with Crippen molar-refractivity contribution >= 4 is 0 Å². The van der Waals surface area contributed by atoms with Crippen LogP contribution >= 0.6 is 0 Å². The Bertz CT molecular complexity index is 1120. The number of phenolic OH excluding ortho intramolecular Hbond substituents is 1. The van der Waals surface area contributed by atoms with Gasteiger partial charge in [-0.15, -0.1) is 0 Å². The zero-order chi connectivity index (χ0) is 22.3. The summed E-state index contributed by atoms with van der Waals surface area (Å²) in [6.07, 6.45) is 0. The second-order valence-corrected chi connectivity index (χ2v) is 6.96. The minimum atomic E-state index is -0.108. The van der Waals surface area contributed by atoms with Crippen molar-refractivity contribution in [1.29, 1.82) is 0 Å². The molecule has 4 N–H and O–H groups in total. The van der Waals surface area contributed by atoms with Crippen LogP contribution in [0.5, 0.6) is 17.2 Å². The van der Waals surface area contributed by atoms with E-state index in [2.05, 4.69) is 4.98 Å². The fraction of sp³-hybridized carbons (Fsp3) is 0.160. The van der Waals surface area contributed by atoms with E-state index in [0.29, 0.717) is 34.3 Å². The number of rotatable bonds is 9. The predicted octanol–water partition coefficient (Wildman–Crippen LogP) is 3.86. The van der Waals surface area contributed by atoms with Crippen molar-refractivity contribution < 1.29 is 24.8 Å². The van der Waals surface area contributed by atoms with Gasteiger partial charge in [0, 0.05) is 11.1 Å². The van der Waals surface area contributed by atoms with Gasteiger partial charge in [-0.3, -0.25) is 0 Å². The molecule has 0 aliphatic heterocycles. The number of aliphatic hydroxyl groups is 2. The molecule has 0 amide bonds. The number of phenols is 1. The molecule has 0 aliphatic carbocycles. The van der Waals surface area contributed by atoms with Crippen molar-refractivity contribution in [2.75, 3.05) is 26.4 Å². The lowest BCUT2D eigenvalue weighted by atomic mass is 10.0. The predicted molar refractivity (Wildman–Crippen MR) is 122 cm³/mol. The van der Waals surface area contributed by atoms with Gasteiger partial charge in [-0.1, -0.05) is 36.4 Å². The van der Waals surface area contributed by atoms with Gasteiger partial charge in [0.2, 0.25) is 0 Å². The summed E-state index contributed by atoms with van der Waals surface area (Å²) in [5.41, 5.74) is 3.32. The normalized spacial score (nSPS) is 10.8. The highest BCUT2D eigenvalue weighted by Gasteiger charge is 2.21. The number of nitrogens with one attached hydrogen (secondary N) is 1. The zero-order valence-electron chi connectivity index (χ0n) is 17.4. The second kappa shape index (κ2) is 10.00. The fourth-order valence-corrected chi connectivity index (χ4v) is 3.46. The van der Waals surface area contributed by atoms with Crippen LogP contribution in [0.15, 0.2) is 72.8 Å². The Morgan fingerprint density at radius 3 is 1.84 bits per heavy atom. The third kappa shape index (κ3) is 4.44. The summed E-state index contributed by atoms with van der Waals surface area (Å²) in [6.45, 7) is 0.0934. The number of aliphatic hydroxyl groups excluding tert-OH is 2. The van der Waals surface area contributed by atoms with Crippen LogP contribution in [0.25, 0.3) is 33.9 Å². The summed E-state index contributed by atoms with van der Waals surface area (Å²) in [4.78, 5) is 8.15. The molecule has 0 unspecified atom stereocenters. The number of benzene rings is 3. The van der Waals surface area contributed by atoms with E-state index >= 15 is 0 Å². The average Bonchev–Trinajstić information content (AvgIpc) is 3.27. The number of H-pyrrole nitrogens is 1. The Labute approximate surface area is 185 Å². The highest BCUT2D eigenvalue weighted by Crippen LogP contribution is 2.41. The number of imidazole rings is 1. The van der Waals surface area contributed by atoms with Crippen LogP contribution < -0.4 is 9.47 Å².